The second-order valence-corrected chi connectivity index (χ2v) is 7.78. The lowest BCUT2D eigenvalue weighted by molar-refractivity contribution is -0.153. The van der Waals surface area contributed by atoms with Crippen LogP contribution in [0.4, 0.5) is 0 Å². The van der Waals surface area contributed by atoms with Crippen molar-refractivity contribution in [1.29, 1.82) is 0 Å². The minimum absolute atomic E-state index is 0.0470. The van der Waals surface area contributed by atoms with Gasteiger partial charge in [0.2, 0.25) is 0 Å². The van der Waals surface area contributed by atoms with E-state index in [1.807, 2.05) is 24.3 Å². The summed E-state index contributed by atoms with van der Waals surface area (Å²) in [5, 5.41) is 0. The number of ether oxygens (including phenoxy) is 2. The maximum Gasteiger partial charge on any atom is 0.302 e. The quantitative estimate of drug-likeness (QED) is 0.609. The molecule has 3 atom stereocenters. The van der Waals surface area contributed by atoms with E-state index < -0.39 is 0 Å². The van der Waals surface area contributed by atoms with Crippen LogP contribution in [0.5, 0.6) is 0 Å². The van der Waals surface area contributed by atoms with Gasteiger partial charge in [-0.05, 0) is 41.9 Å². The number of carbonyl (C=O) groups excluding carboxylic acids is 1. The van der Waals surface area contributed by atoms with Crippen molar-refractivity contribution in [1.82, 2.24) is 0 Å². The Kier molecular flexibility index (Phi) is 6.07. The van der Waals surface area contributed by atoms with Gasteiger partial charge in [-0.3, -0.25) is 4.79 Å². The van der Waals surface area contributed by atoms with Gasteiger partial charge in [0.05, 0.1) is 12.7 Å². The molecule has 24 heavy (non-hydrogen) atoms. The van der Waals surface area contributed by atoms with Crippen molar-refractivity contribution in [3.05, 3.63) is 35.4 Å². The zero-order valence-corrected chi connectivity index (χ0v) is 15.2. The molecule has 0 bridgehead atoms. The Morgan fingerprint density at radius 1 is 1.17 bits per heavy atom. The van der Waals surface area contributed by atoms with Crippen LogP contribution in [0.25, 0.3) is 0 Å². The second kappa shape index (κ2) is 7.85. The molecule has 1 aliphatic rings. The van der Waals surface area contributed by atoms with Crippen LogP contribution >= 0.6 is 0 Å². The zero-order chi connectivity index (χ0) is 17.7. The predicted octanol–water partition coefficient (Wildman–Crippen LogP) is 4.33. The van der Waals surface area contributed by atoms with Crippen molar-refractivity contribution in [2.24, 2.45) is 11.3 Å². The highest BCUT2D eigenvalue weighted by Gasteiger charge is 2.37. The molecule has 3 nitrogen and oxygen atoms in total. The van der Waals surface area contributed by atoms with Crippen LogP contribution in [-0.4, -0.2) is 18.2 Å². The van der Waals surface area contributed by atoms with Crippen LogP contribution < -0.4 is 0 Å². The summed E-state index contributed by atoms with van der Waals surface area (Å²) in [7, 11) is 0. The fraction of sp³-hybridized carbons (Fsp3) is 0.571. The van der Waals surface area contributed by atoms with Gasteiger partial charge in [-0.2, -0.15) is 0 Å². The number of carbonyl (C=O) groups is 1. The van der Waals surface area contributed by atoms with Gasteiger partial charge in [0.15, 0.2) is 0 Å². The monoisotopic (exact) mass is 328 g/mol. The Balaban J connectivity index is 1.98. The molecule has 0 aromatic heterocycles. The number of terminal acetylenes is 1. The first-order valence-electron chi connectivity index (χ1n) is 8.62. The molecule has 1 aromatic rings. The molecule has 0 saturated heterocycles. The third-order valence-electron chi connectivity index (χ3n) is 4.78. The Morgan fingerprint density at radius 2 is 1.79 bits per heavy atom. The first-order chi connectivity index (χ1) is 11.3. The van der Waals surface area contributed by atoms with E-state index in [2.05, 4.69) is 26.7 Å². The molecule has 3 heteroatoms. The first-order valence-corrected chi connectivity index (χ1v) is 8.62. The number of esters is 1. The Morgan fingerprint density at radius 3 is 2.33 bits per heavy atom. The van der Waals surface area contributed by atoms with E-state index in [0.717, 1.165) is 30.4 Å². The maximum absolute atomic E-state index is 11.3. The second-order valence-electron chi connectivity index (χ2n) is 7.78. The van der Waals surface area contributed by atoms with Crippen LogP contribution in [0.2, 0.25) is 0 Å². The molecule has 2 unspecified atom stereocenters. The SMILES string of the molecule is C#Cc1ccc(COC2CC(OC(C)=O)C[C@@H](C(C)(C)C)C2)cc1. The van der Waals surface area contributed by atoms with Gasteiger partial charge in [-0.1, -0.05) is 38.8 Å². The molecule has 0 heterocycles. The molecule has 0 radical (unpaired) electrons. The van der Waals surface area contributed by atoms with Crippen LogP contribution in [0.1, 0.15) is 58.1 Å². The van der Waals surface area contributed by atoms with Crippen LogP contribution in [-0.2, 0) is 20.9 Å². The largest absolute Gasteiger partial charge is 0.462 e. The van der Waals surface area contributed by atoms with Gasteiger partial charge in [0, 0.05) is 18.9 Å². The van der Waals surface area contributed by atoms with Crippen molar-refractivity contribution in [3.8, 4) is 12.3 Å². The lowest BCUT2D eigenvalue weighted by Gasteiger charge is -2.40. The van der Waals surface area contributed by atoms with E-state index in [-0.39, 0.29) is 23.6 Å². The molecule has 1 aromatic carbocycles. The Labute approximate surface area is 145 Å². The normalized spacial score (nSPS) is 24.2. The summed E-state index contributed by atoms with van der Waals surface area (Å²) in [5.41, 5.74) is 2.16. The maximum atomic E-state index is 11.3. The highest BCUT2D eigenvalue weighted by atomic mass is 16.5. The summed E-state index contributed by atoms with van der Waals surface area (Å²) in [4.78, 5) is 11.3. The highest BCUT2D eigenvalue weighted by Crippen LogP contribution is 2.40. The molecule has 1 fully saturated rings. The van der Waals surface area contributed by atoms with Gasteiger partial charge < -0.3 is 9.47 Å². The molecule has 1 saturated carbocycles. The van der Waals surface area contributed by atoms with Crippen molar-refractivity contribution in [2.45, 2.75) is 65.8 Å². The molecule has 130 valence electrons. The number of hydrogen-bond donors (Lipinski definition) is 0. The topological polar surface area (TPSA) is 35.5 Å². The summed E-state index contributed by atoms with van der Waals surface area (Å²) >= 11 is 0. The van der Waals surface area contributed by atoms with E-state index in [4.69, 9.17) is 15.9 Å². The molecule has 0 spiro atoms. The van der Waals surface area contributed by atoms with Crippen molar-refractivity contribution < 1.29 is 14.3 Å². The number of benzene rings is 1. The lowest BCUT2D eigenvalue weighted by atomic mass is 9.70. The minimum Gasteiger partial charge on any atom is -0.462 e. The van der Waals surface area contributed by atoms with Gasteiger partial charge >= 0.3 is 5.97 Å². The molecule has 1 aliphatic carbocycles. The molecular weight excluding hydrogens is 300 g/mol. The third-order valence-corrected chi connectivity index (χ3v) is 4.78. The minimum atomic E-state index is -0.210. The summed E-state index contributed by atoms with van der Waals surface area (Å²) in [5.74, 6) is 2.88. The Hall–Kier alpha value is -1.79. The smallest absolute Gasteiger partial charge is 0.302 e. The fourth-order valence-electron chi connectivity index (χ4n) is 3.30. The van der Waals surface area contributed by atoms with Crippen LogP contribution in [0.3, 0.4) is 0 Å². The summed E-state index contributed by atoms with van der Waals surface area (Å²) in [6.45, 7) is 8.75. The van der Waals surface area contributed by atoms with Crippen molar-refractivity contribution in [2.75, 3.05) is 0 Å². The highest BCUT2D eigenvalue weighted by molar-refractivity contribution is 5.66. The summed E-state index contributed by atoms with van der Waals surface area (Å²) in [6, 6.07) is 7.87. The average molecular weight is 328 g/mol. The lowest BCUT2D eigenvalue weighted by Crippen LogP contribution is -2.39. The van der Waals surface area contributed by atoms with Crippen molar-refractivity contribution >= 4 is 5.97 Å². The van der Waals surface area contributed by atoms with Gasteiger partial charge in [0.25, 0.3) is 0 Å². The van der Waals surface area contributed by atoms with E-state index in [9.17, 15) is 4.79 Å². The van der Waals surface area contributed by atoms with Gasteiger partial charge in [0.1, 0.15) is 6.10 Å². The summed E-state index contributed by atoms with van der Waals surface area (Å²) < 4.78 is 11.6. The van der Waals surface area contributed by atoms with E-state index in [1.165, 1.54) is 6.92 Å². The Bertz CT molecular complexity index is 589. The molecular formula is C21H28O3. The number of rotatable bonds is 4. The van der Waals surface area contributed by atoms with E-state index in [1.54, 1.807) is 0 Å². The predicted molar refractivity (Wildman–Crippen MR) is 95.3 cm³/mol. The molecule has 0 N–H and O–H groups in total. The molecule has 0 aliphatic heterocycles. The van der Waals surface area contributed by atoms with Crippen LogP contribution in [0, 0.1) is 23.7 Å². The molecule has 0 amide bonds. The van der Waals surface area contributed by atoms with Crippen LogP contribution in [0.15, 0.2) is 24.3 Å². The summed E-state index contributed by atoms with van der Waals surface area (Å²) in [6.07, 6.45) is 8.14. The first kappa shape index (κ1) is 18.5. The third kappa shape index (κ3) is 5.39. The van der Waals surface area contributed by atoms with Gasteiger partial charge in [-0.15, -0.1) is 6.42 Å². The molecule has 2 rings (SSSR count). The van der Waals surface area contributed by atoms with Crippen molar-refractivity contribution in [3.63, 3.8) is 0 Å². The van der Waals surface area contributed by atoms with E-state index >= 15 is 0 Å². The average Bonchev–Trinajstić information content (AvgIpc) is 2.52. The van der Waals surface area contributed by atoms with E-state index in [0.29, 0.717) is 12.5 Å². The fourth-order valence-corrected chi connectivity index (χ4v) is 3.30. The number of hydrogen-bond acceptors (Lipinski definition) is 3. The standard InChI is InChI=1S/C21H28O3/c1-6-16-7-9-17(10-8-16)14-23-19-11-18(21(3,4)5)12-20(13-19)24-15(2)22/h1,7-10,18-20H,11-14H2,2-5H3/t18-,19?,20?/m0/s1. The van der Waals surface area contributed by atoms with Gasteiger partial charge in [-0.25, -0.2) is 0 Å². The zero-order valence-electron chi connectivity index (χ0n) is 15.2.